The Morgan fingerprint density at radius 2 is 1.86 bits per heavy atom. The molecule has 2 aliphatic heterocycles. The molecule has 4 fully saturated rings. The first-order valence-corrected chi connectivity index (χ1v) is 14.9. The van der Waals surface area contributed by atoms with Crippen LogP contribution in [0.25, 0.3) is 0 Å². The second-order valence-electron chi connectivity index (χ2n) is 12.4. The number of sulfonamides is 1. The van der Waals surface area contributed by atoms with Crippen LogP contribution in [0.3, 0.4) is 0 Å². The minimum atomic E-state index is -3.76. The van der Waals surface area contributed by atoms with Crippen molar-refractivity contribution in [2.45, 2.75) is 109 Å². The van der Waals surface area contributed by atoms with Crippen molar-refractivity contribution in [2.24, 2.45) is 22.4 Å². The van der Waals surface area contributed by atoms with Gasteiger partial charge < -0.3 is 10.1 Å². The van der Waals surface area contributed by atoms with Crippen LogP contribution in [-0.4, -0.2) is 71.3 Å². The molecule has 10 nitrogen and oxygen atoms in total. The number of amides is 3. The van der Waals surface area contributed by atoms with Gasteiger partial charge in [0.2, 0.25) is 10.0 Å². The van der Waals surface area contributed by atoms with E-state index in [0.29, 0.717) is 12.3 Å². The van der Waals surface area contributed by atoms with Gasteiger partial charge in [0.05, 0.1) is 11.8 Å². The van der Waals surface area contributed by atoms with E-state index in [1.54, 1.807) is 20.8 Å². The first kappa shape index (κ1) is 25.5. The SMILES string of the molecule is CC(C)(C)OC(=O)N[C@H](C(=O)N1N=CC[C@H]1C(=O)N1C2CC3CCC2(C3)CS1(=O)=O)C1CCCCC1. The zero-order valence-corrected chi connectivity index (χ0v) is 22.3. The van der Waals surface area contributed by atoms with Crippen molar-refractivity contribution in [1.82, 2.24) is 14.6 Å². The van der Waals surface area contributed by atoms with Crippen molar-refractivity contribution in [2.75, 3.05) is 5.75 Å². The second-order valence-corrected chi connectivity index (χ2v) is 14.2. The minimum absolute atomic E-state index is 0.0132. The topological polar surface area (TPSA) is 125 Å². The number of nitrogens with zero attached hydrogens (tertiary/aromatic N) is 3. The Hall–Kier alpha value is -2.17. The summed E-state index contributed by atoms with van der Waals surface area (Å²) in [6, 6.07) is -2.23. The Balaban J connectivity index is 1.37. The van der Waals surface area contributed by atoms with Gasteiger partial charge in [-0.15, -0.1) is 0 Å². The predicted octanol–water partition coefficient (Wildman–Crippen LogP) is 2.78. The second kappa shape index (κ2) is 8.99. The number of rotatable bonds is 4. The maximum absolute atomic E-state index is 13.8. The average molecular weight is 523 g/mol. The zero-order valence-electron chi connectivity index (χ0n) is 21.4. The van der Waals surface area contributed by atoms with Crippen LogP contribution < -0.4 is 5.32 Å². The number of fused-ring (bicyclic) bond motifs is 1. The van der Waals surface area contributed by atoms with Crippen LogP contribution in [0.5, 0.6) is 0 Å². The van der Waals surface area contributed by atoms with Gasteiger partial charge in [-0.1, -0.05) is 19.3 Å². The molecule has 2 bridgehead atoms. The number of nitrogens with one attached hydrogen (secondary N) is 1. The molecule has 0 radical (unpaired) electrons. The van der Waals surface area contributed by atoms with Gasteiger partial charge in [-0.05, 0) is 71.1 Å². The molecule has 0 aromatic heterocycles. The van der Waals surface area contributed by atoms with Gasteiger partial charge in [-0.25, -0.2) is 22.5 Å². The van der Waals surface area contributed by atoms with Gasteiger partial charge in [0.15, 0.2) is 0 Å². The van der Waals surface area contributed by atoms with E-state index in [2.05, 4.69) is 10.4 Å². The van der Waals surface area contributed by atoms with Crippen LogP contribution in [0.1, 0.15) is 85.0 Å². The molecule has 0 aromatic carbocycles. The maximum atomic E-state index is 13.8. The van der Waals surface area contributed by atoms with E-state index in [4.69, 9.17) is 4.74 Å². The third-order valence-corrected chi connectivity index (χ3v) is 10.7. The highest BCUT2D eigenvalue weighted by atomic mass is 32.2. The molecule has 3 aliphatic carbocycles. The van der Waals surface area contributed by atoms with Crippen LogP contribution >= 0.6 is 0 Å². The lowest BCUT2D eigenvalue weighted by atomic mass is 9.81. The average Bonchev–Trinajstić information content (AvgIpc) is 3.53. The number of carbonyl (C=O) groups excluding carboxylic acids is 3. The molecule has 200 valence electrons. The fraction of sp³-hybridized carbons (Fsp3) is 0.840. The number of ether oxygens (including phenoxy) is 1. The van der Waals surface area contributed by atoms with Crippen molar-refractivity contribution in [3.8, 4) is 0 Å². The third-order valence-electron chi connectivity index (χ3n) is 8.68. The van der Waals surface area contributed by atoms with Crippen LogP contribution in [-0.2, 0) is 24.3 Å². The molecule has 5 atom stereocenters. The lowest BCUT2D eigenvalue weighted by molar-refractivity contribution is -0.145. The van der Waals surface area contributed by atoms with Gasteiger partial charge in [0, 0.05) is 18.1 Å². The third kappa shape index (κ3) is 4.52. The van der Waals surface area contributed by atoms with Crippen molar-refractivity contribution < 1.29 is 27.5 Å². The van der Waals surface area contributed by atoms with E-state index >= 15 is 0 Å². The summed E-state index contributed by atoms with van der Waals surface area (Å²) in [7, 11) is -3.76. The largest absolute Gasteiger partial charge is 0.444 e. The highest BCUT2D eigenvalue weighted by Gasteiger charge is 2.65. The summed E-state index contributed by atoms with van der Waals surface area (Å²) < 4.78 is 32.9. The highest BCUT2D eigenvalue weighted by Crippen LogP contribution is 2.60. The quantitative estimate of drug-likeness (QED) is 0.605. The lowest BCUT2D eigenvalue weighted by Gasteiger charge is -2.35. The Bertz CT molecular complexity index is 1060. The van der Waals surface area contributed by atoms with Crippen molar-refractivity contribution in [3.63, 3.8) is 0 Å². The maximum Gasteiger partial charge on any atom is 0.408 e. The van der Waals surface area contributed by atoms with Gasteiger partial charge in [-0.3, -0.25) is 9.59 Å². The Morgan fingerprint density at radius 3 is 2.53 bits per heavy atom. The molecule has 1 saturated heterocycles. The Labute approximate surface area is 213 Å². The lowest BCUT2D eigenvalue weighted by Crippen LogP contribution is -2.57. The molecular weight excluding hydrogens is 484 g/mol. The van der Waals surface area contributed by atoms with E-state index in [9.17, 15) is 22.8 Å². The number of alkyl carbamates (subject to hydrolysis) is 1. The van der Waals surface area contributed by atoms with Crippen LogP contribution in [0.15, 0.2) is 5.10 Å². The molecule has 3 saturated carbocycles. The fourth-order valence-electron chi connectivity index (χ4n) is 7.23. The zero-order chi connectivity index (χ0) is 25.9. The summed E-state index contributed by atoms with van der Waals surface area (Å²) in [6.07, 6.45) is 8.89. The Morgan fingerprint density at radius 1 is 1.14 bits per heavy atom. The molecule has 5 aliphatic rings. The summed E-state index contributed by atoms with van der Waals surface area (Å²) in [6.45, 7) is 5.26. The number of hydrogen-bond acceptors (Lipinski definition) is 7. The van der Waals surface area contributed by atoms with E-state index in [0.717, 1.165) is 60.7 Å². The number of carbonyl (C=O) groups is 3. The number of hydrazone groups is 1. The summed E-state index contributed by atoms with van der Waals surface area (Å²) in [5.41, 5.74) is -1.06. The standard InChI is InChI=1S/C25H38N4O6S/c1-24(2,3)35-23(32)27-20(17-7-5-4-6-8-17)22(31)28-18(10-12-26-28)21(30)29-19-13-16-9-11-25(19,14-16)15-36(29,33)34/h12,16-20H,4-11,13-15H2,1-3H3,(H,27,32)/t16?,18-,19?,20-,25?/m0/s1. The predicted molar refractivity (Wildman–Crippen MR) is 132 cm³/mol. The van der Waals surface area contributed by atoms with Crippen molar-refractivity contribution >= 4 is 34.1 Å². The molecule has 0 aromatic rings. The van der Waals surface area contributed by atoms with Crippen LogP contribution in [0.4, 0.5) is 4.79 Å². The van der Waals surface area contributed by atoms with Gasteiger partial charge in [0.25, 0.3) is 11.8 Å². The monoisotopic (exact) mass is 522 g/mol. The Kier molecular flexibility index (Phi) is 6.36. The highest BCUT2D eigenvalue weighted by molar-refractivity contribution is 7.90. The molecule has 1 spiro atoms. The first-order valence-electron chi connectivity index (χ1n) is 13.3. The fourth-order valence-corrected chi connectivity index (χ4v) is 9.65. The van der Waals surface area contributed by atoms with Crippen LogP contribution in [0, 0.1) is 17.3 Å². The van der Waals surface area contributed by atoms with Crippen molar-refractivity contribution in [3.05, 3.63) is 0 Å². The molecule has 5 rings (SSSR count). The van der Waals surface area contributed by atoms with Gasteiger partial charge >= 0.3 is 6.09 Å². The van der Waals surface area contributed by atoms with E-state index in [1.165, 1.54) is 6.21 Å². The number of hydrogen-bond donors (Lipinski definition) is 1. The van der Waals surface area contributed by atoms with Gasteiger partial charge in [0.1, 0.15) is 17.7 Å². The first-order chi connectivity index (χ1) is 16.9. The molecular formula is C25H38N4O6S. The van der Waals surface area contributed by atoms with E-state index in [1.807, 2.05) is 0 Å². The van der Waals surface area contributed by atoms with E-state index in [-0.39, 0.29) is 29.5 Å². The molecule has 3 amide bonds. The van der Waals surface area contributed by atoms with Crippen molar-refractivity contribution in [1.29, 1.82) is 0 Å². The summed E-state index contributed by atoms with van der Waals surface area (Å²) in [4.78, 5) is 40.2. The molecule has 36 heavy (non-hydrogen) atoms. The van der Waals surface area contributed by atoms with Crippen LogP contribution in [0.2, 0.25) is 0 Å². The molecule has 2 heterocycles. The minimum Gasteiger partial charge on any atom is -0.444 e. The molecule has 11 heteroatoms. The summed E-state index contributed by atoms with van der Waals surface area (Å²) in [5.74, 6) is -0.685. The molecule has 1 N–H and O–H groups in total. The molecule has 3 unspecified atom stereocenters. The summed E-state index contributed by atoms with van der Waals surface area (Å²) in [5, 5.41) is 8.08. The summed E-state index contributed by atoms with van der Waals surface area (Å²) >= 11 is 0. The smallest absolute Gasteiger partial charge is 0.408 e. The normalized spacial score (nSPS) is 34.0. The van der Waals surface area contributed by atoms with Gasteiger partial charge in [-0.2, -0.15) is 5.10 Å². The van der Waals surface area contributed by atoms with E-state index < -0.39 is 45.6 Å².